The van der Waals surface area contributed by atoms with Crippen LogP contribution < -0.4 is 0 Å². The molecule has 0 aliphatic carbocycles. The van der Waals surface area contributed by atoms with Gasteiger partial charge in [0, 0.05) is 48.0 Å². The fourth-order valence-electron chi connectivity index (χ4n) is 6.75. The molecule has 3 heterocycles. The van der Waals surface area contributed by atoms with Crippen molar-refractivity contribution in [1.29, 1.82) is 0 Å². The molecule has 0 atom stereocenters. The Hall–Kier alpha value is -6.50. The topological polar surface area (TPSA) is 64.7 Å². The number of thiophene rings is 1. The summed E-state index contributed by atoms with van der Waals surface area (Å²) in [4.78, 5) is 20.4. The molecule has 0 saturated heterocycles. The second-order valence-corrected chi connectivity index (χ2v) is 13.3. The van der Waals surface area contributed by atoms with Crippen molar-refractivity contribution in [3.05, 3.63) is 158 Å². The first-order valence-electron chi connectivity index (χ1n) is 16.5. The Kier molecular flexibility index (Phi) is 6.60. The first-order valence-corrected chi connectivity index (χ1v) is 17.3. The van der Waals surface area contributed by atoms with E-state index in [0.717, 1.165) is 70.7 Å². The van der Waals surface area contributed by atoms with Gasteiger partial charge in [0.1, 0.15) is 5.52 Å². The minimum atomic E-state index is 0.602. The lowest BCUT2D eigenvalue weighted by Gasteiger charge is -2.14. The lowest BCUT2D eigenvalue weighted by molar-refractivity contribution is 0.623. The van der Waals surface area contributed by atoms with Crippen molar-refractivity contribution >= 4 is 53.4 Å². The van der Waals surface area contributed by atoms with Crippen LogP contribution in [-0.4, -0.2) is 19.9 Å². The maximum atomic E-state index is 6.60. The van der Waals surface area contributed by atoms with E-state index in [1.165, 1.54) is 4.70 Å². The molecular formula is C44H26N4OS. The fourth-order valence-corrected chi connectivity index (χ4v) is 7.98. The number of hydrogen-bond acceptors (Lipinski definition) is 6. The number of aromatic nitrogens is 4. The largest absolute Gasteiger partial charge is 0.435 e. The summed E-state index contributed by atoms with van der Waals surface area (Å²) in [6, 6.07) is 53.9. The van der Waals surface area contributed by atoms with Gasteiger partial charge in [0.05, 0.1) is 0 Å². The molecule has 0 aliphatic heterocycles. The van der Waals surface area contributed by atoms with E-state index in [0.29, 0.717) is 23.4 Å². The Morgan fingerprint density at radius 3 is 1.64 bits per heavy atom. The predicted molar refractivity (Wildman–Crippen MR) is 205 cm³/mol. The van der Waals surface area contributed by atoms with E-state index in [9.17, 15) is 0 Å². The Balaban J connectivity index is 1.30. The molecular weight excluding hydrogens is 633 g/mol. The van der Waals surface area contributed by atoms with E-state index in [2.05, 4.69) is 66.7 Å². The minimum Gasteiger partial charge on any atom is -0.435 e. The van der Waals surface area contributed by atoms with E-state index >= 15 is 0 Å². The molecule has 6 heteroatoms. The van der Waals surface area contributed by atoms with Crippen LogP contribution in [0.25, 0.3) is 98.8 Å². The third-order valence-electron chi connectivity index (χ3n) is 9.14. The summed E-state index contributed by atoms with van der Waals surface area (Å²) in [6.07, 6.45) is 0. The minimum absolute atomic E-state index is 0.602. The molecule has 0 radical (unpaired) electrons. The van der Waals surface area contributed by atoms with Crippen LogP contribution in [0.5, 0.6) is 0 Å². The zero-order valence-corrected chi connectivity index (χ0v) is 27.4. The summed E-state index contributed by atoms with van der Waals surface area (Å²) in [6.45, 7) is 0. The molecule has 10 rings (SSSR count). The highest BCUT2D eigenvalue weighted by Gasteiger charge is 2.23. The molecule has 3 aromatic heterocycles. The molecule has 234 valence electrons. The van der Waals surface area contributed by atoms with Gasteiger partial charge >= 0.3 is 0 Å². The van der Waals surface area contributed by atoms with E-state index in [1.807, 2.05) is 91.0 Å². The summed E-state index contributed by atoms with van der Waals surface area (Å²) in [5, 5.41) is 4.45. The molecule has 0 aliphatic rings. The molecule has 10 aromatic rings. The highest BCUT2D eigenvalue weighted by molar-refractivity contribution is 7.26. The molecule has 0 spiro atoms. The van der Waals surface area contributed by atoms with E-state index in [1.54, 1.807) is 11.3 Å². The molecule has 0 fully saturated rings. The van der Waals surface area contributed by atoms with Crippen molar-refractivity contribution in [3.8, 4) is 56.7 Å². The van der Waals surface area contributed by atoms with E-state index in [4.69, 9.17) is 24.4 Å². The van der Waals surface area contributed by atoms with Crippen LogP contribution in [0.3, 0.4) is 0 Å². The summed E-state index contributed by atoms with van der Waals surface area (Å²) in [5.74, 6) is 2.46. The van der Waals surface area contributed by atoms with Crippen molar-refractivity contribution in [2.24, 2.45) is 0 Å². The first-order chi connectivity index (χ1) is 24.8. The van der Waals surface area contributed by atoms with Crippen LogP contribution in [0.1, 0.15) is 0 Å². The Bertz CT molecular complexity index is 2810. The summed E-state index contributed by atoms with van der Waals surface area (Å²) in [7, 11) is 0. The second-order valence-electron chi connectivity index (χ2n) is 12.2. The monoisotopic (exact) mass is 658 g/mol. The van der Waals surface area contributed by atoms with Gasteiger partial charge in [-0.25, -0.2) is 19.9 Å². The standard InChI is InChI=1S/C44H26N4OS/c1-4-14-27(15-5-1)41-46-42(28-16-6-2-7-17-28)48-43(47-41)35-25-31-21-11-10-20-30(31)24-33(35)34-26-36-39(49-44(45-36)29-18-8-3-9-19-29)38-32-22-12-13-23-37(32)50-40(34)38/h1-26H. The van der Waals surface area contributed by atoms with Crippen LogP contribution in [-0.2, 0) is 0 Å². The lowest BCUT2D eigenvalue weighted by atomic mass is 9.93. The normalized spacial score (nSPS) is 11.6. The van der Waals surface area contributed by atoms with Crippen molar-refractivity contribution in [2.45, 2.75) is 0 Å². The van der Waals surface area contributed by atoms with Gasteiger partial charge in [0.2, 0.25) is 5.89 Å². The van der Waals surface area contributed by atoms with Crippen LogP contribution in [0, 0.1) is 0 Å². The zero-order valence-electron chi connectivity index (χ0n) is 26.6. The number of hydrogen-bond donors (Lipinski definition) is 0. The highest BCUT2D eigenvalue weighted by atomic mass is 32.1. The number of benzene rings is 7. The molecule has 0 saturated carbocycles. The van der Waals surface area contributed by atoms with Gasteiger partial charge in [-0.2, -0.15) is 0 Å². The summed E-state index contributed by atoms with van der Waals surface area (Å²) < 4.78 is 8.92. The zero-order chi connectivity index (χ0) is 33.0. The van der Waals surface area contributed by atoms with Gasteiger partial charge in [-0.1, -0.05) is 121 Å². The molecule has 50 heavy (non-hydrogen) atoms. The first kappa shape index (κ1) is 28.5. The Labute approximate surface area is 291 Å². The van der Waals surface area contributed by atoms with Crippen LogP contribution >= 0.6 is 11.3 Å². The van der Waals surface area contributed by atoms with E-state index < -0.39 is 0 Å². The van der Waals surface area contributed by atoms with E-state index in [-0.39, 0.29) is 0 Å². The second kappa shape index (κ2) is 11.6. The van der Waals surface area contributed by atoms with Gasteiger partial charge in [-0.15, -0.1) is 11.3 Å². The van der Waals surface area contributed by atoms with Gasteiger partial charge in [0.15, 0.2) is 23.1 Å². The predicted octanol–water partition coefficient (Wildman–Crippen LogP) is 11.9. The Morgan fingerprint density at radius 2 is 0.980 bits per heavy atom. The van der Waals surface area contributed by atoms with Gasteiger partial charge in [-0.3, -0.25) is 0 Å². The maximum absolute atomic E-state index is 6.60. The Morgan fingerprint density at radius 1 is 0.440 bits per heavy atom. The third-order valence-corrected chi connectivity index (χ3v) is 10.3. The van der Waals surface area contributed by atoms with Gasteiger partial charge in [-0.05, 0) is 52.7 Å². The SMILES string of the molecule is c1ccc(-c2nc(-c3ccccc3)nc(-c3cc4ccccc4cc3-c3cc4nc(-c5ccccc5)oc4c4c3sc3ccccc34)n2)cc1. The summed E-state index contributed by atoms with van der Waals surface area (Å²) >= 11 is 1.77. The molecule has 0 unspecified atom stereocenters. The maximum Gasteiger partial charge on any atom is 0.227 e. The molecule has 0 amide bonds. The average Bonchev–Trinajstić information content (AvgIpc) is 3.80. The van der Waals surface area contributed by atoms with Crippen LogP contribution in [0.15, 0.2) is 162 Å². The van der Waals surface area contributed by atoms with Gasteiger partial charge in [0.25, 0.3) is 0 Å². The summed E-state index contributed by atoms with van der Waals surface area (Å²) in [5.41, 5.74) is 7.41. The smallest absolute Gasteiger partial charge is 0.227 e. The number of rotatable bonds is 5. The van der Waals surface area contributed by atoms with Crippen LogP contribution in [0.2, 0.25) is 0 Å². The van der Waals surface area contributed by atoms with Crippen molar-refractivity contribution in [1.82, 2.24) is 19.9 Å². The molecule has 5 nitrogen and oxygen atoms in total. The van der Waals surface area contributed by atoms with Gasteiger partial charge < -0.3 is 4.42 Å². The number of fused-ring (bicyclic) bond motifs is 6. The third kappa shape index (κ3) is 4.77. The quantitative estimate of drug-likeness (QED) is 0.184. The molecule has 7 aromatic carbocycles. The van der Waals surface area contributed by atoms with Crippen molar-refractivity contribution in [3.63, 3.8) is 0 Å². The fraction of sp³-hybridized carbons (Fsp3) is 0. The number of nitrogens with zero attached hydrogens (tertiary/aromatic N) is 4. The average molecular weight is 659 g/mol. The van der Waals surface area contributed by atoms with Crippen molar-refractivity contribution < 1.29 is 4.42 Å². The lowest BCUT2D eigenvalue weighted by Crippen LogP contribution is -2.01. The molecule has 0 N–H and O–H groups in total. The van der Waals surface area contributed by atoms with Crippen LogP contribution in [0.4, 0.5) is 0 Å². The molecule has 0 bridgehead atoms. The number of oxazole rings is 1. The highest BCUT2D eigenvalue weighted by Crippen LogP contribution is 2.47. The van der Waals surface area contributed by atoms with Crippen molar-refractivity contribution in [2.75, 3.05) is 0 Å².